The van der Waals surface area contributed by atoms with Crippen molar-refractivity contribution < 1.29 is 22.4 Å². The fourth-order valence-electron chi connectivity index (χ4n) is 3.82. The van der Waals surface area contributed by atoms with Crippen molar-refractivity contribution in [1.82, 2.24) is 4.31 Å². The summed E-state index contributed by atoms with van der Waals surface area (Å²) < 4.78 is 40.6. The molecule has 0 saturated carbocycles. The van der Waals surface area contributed by atoms with Crippen LogP contribution in [0.4, 0.5) is 15.8 Å². The molecule has 0 radical (unpaired) electrons. The Morgan fingerprint density at radius 1 is 1.03 bits per heavy atom. The summed E-state index contributed by atoms with van der Waals surface area (Å²) in [6, 6.07) is 12.0. The van der Waals surface area contributed by atoms with Crippen LogP contribution in [0.1, 0.15) is 19.3 Å². The molecule has 2 aromatic rings. The number of halogens is 1. The summed E-state index contributed by atoms with van der Waals surface area (Å²) in [5.74, 6) is -1.81. The first-order chi connectivity index (χ1) is 14.4. The van der Waals surface area contributed by atoms with Gasteiger partial charge in [-0.15, -0.1) is 0 Å². The first-order valence-corrected chi connectivity index (χ1v) is 11.3. The van der Waals surface area contributed by atoms with E-state index >= 15 is 0 Å². The van der Waals surface area contributed by atoms with Crippen LogP contribution in [0.25, 0.3) is 0 Å². The zero-order chi connectivity index (χ0) is 21.3. The first-order valence-electron chi connectivity index (χ1n) is 9.82. The number of hydrogen-bond acceptors (Lipinski definition) is 4. The van der Waals surface area contributed by atoms with Gasteiger partial charge >= 0.3 is 0 Å². The van der Waals surface area contributed by atoms with Gasteiger partial charge in [-0.25, -0.2) is 12.8 Å². The van der Waals surface area contributed by atoms with Gasteiger partial charge in [0.15, 0.2) is 0 Å². The number of sulfonamides is 1. The summed E-state index contributed by atoms with van der Waals surface area (Å²) in [5, 5.41) is 2.72. The number of nitrogens with one attached hydrogen (secondary N) is 1. The predicted molar refractivity (Wildman–Crippen MR) is 110 cm³/mol. The Balaban J connectivity index is 1.42. The van der Waals surface area contributed by atoms with Gasteiger partial charge < -0.3 is 10.2 Å². The molecule has 1 atom stereocenters. The normalized spacial score (nSPS) is 20.0. The van der Waals surface area contributed by atoms with Gasteiger partial charge in [0, 0.05) is 31.7 Å². The van der Waals surface area contributed by atoms with Crippen LogP contribution >= 0.6 is 0 Å². The molecule has 158 valence electrons. The van der Waals surface area contributed by atoms with E-state index in [0.717, 1.165) is 12.8 Å². The molecule has 0 spiro atoms. The molecule has 0 aliphatic carbocycles. The maximum Gasteiger partial charge on any atom is 0.243 e. The molecule has 7 nitrogen and oxygen atoms in total. The number of carbonyl (C=O) groups is 2. The van der Waals surface area contributed by atoms with Crippen molar-refractivity contribution in [1.29, 1.82) is 0 Å². The number of benzene rings is 2. The van der Waals surface area contributed by atoms with Crippen molar-refractivity contribution in [2.24, 2.45) is 5.92 Å². The molecule has 0 aromatic heterocycles. The van der Waals surface area contributed by atoms with Crippen LogP contribution in [0.2, 0.25) is 0 Å². The Morgan fingerprint density at radius 2 is 1.70 bits per heavy atom. The Morgan fingerprint density at radius 3 is 2.37 bits per heavy atom. The Kier molecular flexibility index (Phi) is 5.57. The van der Waals surface area contributed by atoms with Crippen molar-refractivity contribution in [3.05, 3.63) is 54.3 Å². The lowest BCUT2D eigenvalue weighted by molar-refractivity contribution is -0.122. The highest BCUT2D eigenvalue weighted by molar-refractivity contribution is 7.89. The summed E-state index contributed by atoms with van der Waals surface area (Å²) >= 11 is 0. The highest BCUT2D eigenvalue weighted by Crippen LogP contribution is 2.28. The van der Waals surface area contributed by atoms with Gasteiger partial charge in [0.2, 0.25) is 21.8 Å². The molecule has 2 amide bonds. The second-order valence-corrected chi connectivity index (χ2v) is 9.42. The molecule has 9 heteroatoms. The fourth-order valence-corrected chi connectivity index (χ4v) is 5.34. The van der Waals surface area contributed by atoms with Gasteiger partial charge in [-0.2, -0.15) is 4.31 Å². The maximum absolute atomic E-state index is 14.0. The van der Waals surface area contributed by atoms with Crippen LogP contribution in [-0.2, 0) is 19.6 Å². The molecule has 2 heterocycles. The number of rotatable bonds is 5. The van der Waals surface area contributed by atoms with E-state index in [4.69, 9.17) is 0 Å². The minimum absolute atomic E-state index is 0.0123. The third-order valence-corrected chi connectivity index (χ3v) is 7.38. The molecule has 2 fully saturated rings. The van der Waals surface area contributed by atoms with Crippen LogP contribution in [0.3, 0.4) is 0 Å². The lowest BCUT2D eigenvalue weighted by atomic mass is 10.1. The van der Waals surface area contributed by atoms with Crippen LogP contribution in [-0.4, -0.2) is 44.2 Å². The molecule has 1 unspecified atom stereocenters. The topological polar surface area (TPSA) is 86.8 Å². The molecule has 2 aromatic carbocycles. The van der Waals surface area contributed by atoms with E-state index in [2.05, 4.69) is 5.32 Å². The van der Waals surface area contributed by atoms with E-state index in [-0.39, 0.29) is 35.4 Å². The van der Waals surface area contributed by atoms with E-state index < -0.39 is 21.8 Å². The standard InChI is InChI=1S/C21H22FN3O4S/c22-18-5-1-2-6-19(18)25-14-15(13-20(25)26)21(27)23-16-7-9-17(10-8-16)30(28,29)24-11-3-4-12-24/h1-2,5-10,15H,3-4,11-14H2,(H,23,27). The minimum Gasteiger partial charge on any atom is -0.326 e. The van der Waals surface area contributed by atoms with E-state index in [9.17, 15) is 22.4 Å². The van der Waals surface area contributed by atoms with E-state index in [0.29, 0.717) is 18.8 Å². The monoisotopic (exact) mass is 431 g/mol. The number of nitrogens with zero attached hydrogens (tertiary/aromatic N) is 2. The predicted octanol–water partition coefficient (Wildman–Crippen LogP) is 2.60. The third kappa shape index (κ3) is 3.95. The van der Waals surface area contributed by atoms with Crippen LogP contribution < -0.4 is 10.2 Å². The summed E-state index contributed by atoms with van der Waals surface area (Å²) in [6.45, 7) is 1.14. The van der Waals surface area contributed by atoms with E-state index in [1.165, 1.54) is 51.7 Å². The SMILES string of the molecule is O=C(Nc1ccc(S(=O)(=O)N2CCCC2)cc1)C1CC(=O)N(c2ccccc2F)C1. The lowest BCUT2D eigenvalue weighted by Crippen LogP contribution is -2.29. The number of anilines is 2. The van der Waals surface area contributed by atoms with Gasteiger partial charge in [0.25, 0.3) is 0 Å². The molecule has 0 bridgehead atoms. The zero-order valence-corrected chi connectivity index (χ0v) is 17.1. The van der Waals surface area contributed by atoms with Crippen molar-refractivity contribution in [2.75, 3.05) is 29.9 Å². The molecule has 30 heavy (non-hydrogen) atoms. The summed E-state index contributed by atoms with van der Waals surface area (Å²) in [7, 11) is -3.52. The average molecular weight is 431 g/mol. The van der Waals surface area contributed by atoms with Crippen molar-refractivity contribution in [3.63, 3.8) is 0 Å². The summed E-state index contributed by atoms with van der Waals surface area (Å²) in [4.78, 5) is 26.4. The van der Waals surface area contributed by atoms with Crippen molar-refractivity contribution in [2.45, 2.75) is 24.2 Å². The largest absolute Gasteiger partial charge is 0.326 e. The van der Waals surface area contributed by atoms with Crippen LogP contribution in [0, 0.1) is 11.7 Å². The van der Waals surface area contributed by atoms with Gasteiger partial charge in [-0.1, -0.05) is 12.1 Å². The number of carbonyl (C=O) groups excluding carboxylic acids is 2. The lowest BCUT2D eigenvalue weighted by Gasteiger charge is -2.17. The molecule has 2 aliphatic rings. The smallest absolute Gasteiger partial charge is 0.243 e. The van der Waals surface area contributed by atoms with E-state index in [1.807, 2.05) is 0 Å². The van der Waals surface area contributed by atoms with Gasteiger partial charge in [0.05, 0.1) is 16.5 Å². The number of hydrogen-bond donors (Lipinski definition) is 1. The molecule has 2 aliphatic heterocycles. The van der Waals surface area contributed by atoms with Crippen LogP contribution in [0.5, 0.6) is 0 Å². The van der Waals surface area contributed by atoms with Gasteiger partial charge in [-0.3, -0.25) is 9.59 Å². The molecular formula is C21H22FN3O4S. The molecule has 1 N–H and O–H groups in total. The molecular weight excluding hydrogens is 409 g/mol. The second-order valence-electron chi connectivity index (χ2n) is 7.48. The van der Waals surface area contributed by atoms with Gasteiger partial charge in [-0.05, 0) is 49.2 Å². The number of amides is 2. The first kappa shape index (κ1) is 20.5. The zero-order valence-electron chi connectivity index (χ0n) is 16.3. The second kappa shape index (κ2) is 8.16. The number of para-hydroxylation sites is 1. The van der Waals surface area contributed by atoms with E-state index in [1.54, 1.807) is 6.07 Å². The third-order valence-electron chi connectivity index (χ3n) is 5.46. The van der Waals surface area contributed by atoms with Crippen molar-refractivity contribution >= 4 is 33.2 Å². The quantitative estimate of drug-likeness (QED) is 0.789. The minimum atomic E-state index is -3.52. The van der Waals surface area contributed by atoms with Gasteiger partial charge in [0.1, 0.15) is 5.82 Å². The summed E-state index contributed by atoms with van der Waals surface area (Å²) in [5.41, 5.74) is 0.603. The van der Waals surface area contributed by atoms with Crippen LogP contribution in [0.15, 0.2) is 53.4 Å². The Hall–Kier alpha value is -2.78. The molecule has 2 saturated heterocycles. The maximum atomic E-state index is 14.0. The Bertz CT molecular complexity index is 1070. The highest BCUT2D eigenvalue weighted by Gasteiger charge is 2.36. The summed E-state index contributed by atoms with van der Waals surface area (Å²) in [6.07, 6.45) is 1.70. The fraction of sp³-hybridized carbons (Fsp3) is 0.333. The van der Waals surface area contributed by atoms with Crippen molar-refractivity contribution in [3.8, 4) is 0 Å². The average Bonchev–Trinajstić information content (AvgIpc) is 3.39. The Labute approximate surface area is 174 Å². The molecule has 4 rings (SSSR count). The highest BCUT2D eigenvalue weighted by atomic mass is 32.2.